The van der Waals surface area contributed by atoms with Gasteiger partial charge in [-0.15, -0.1) is 0 Å². The van der Waals surface area contributed by atoms with Crippen molar-refractivity contribution in [1.29, 1.82) is 0 Å². The average Bonchev–Trinajstić information content (AvgIpc) is 2.40. The van der Waals surface area contributed by atoms with E-state index < -0.39 is 8.32 Å². The van der Waals surface area contributed by atoms with E-state index in [2.05, 4.69) is 53.8 Å². The number of allylic oxidation sites excluding steroid dienone is 1. The molecule has 0 saturated heterocycles. The van der Waals surface area contributed by atoms with Crippen LogP contribution in [0, 0.1) is 5.92 Å². The van der Waals surface area contributed by atoms with Crippen LogP contribution in [0.3, 0.4) is 0 Å². The lowest BCUT2D eigenvalue weighted by atomic mass is 9.85. The quantitative estimate of drug-likeness (QED) is 0.658. The Hall–Kier alpha value is -0.383. The van der Waals surface area contributed by atoms with Gasteiger partial charge < -0.3 is 9.53 Å². The first-order valence-electron chi connectivity index (χ1n) is 8.77. The van der Waals surface area contributed by atoms with Crippen molar-refractivity contribution in [3.05, 3.63) is 23.3 Å². The van der Waals surface area contributed by atoms with Crippen molar-refractivity contribution < 1.29 is 9.53 Å². The van der Waals surface area contributed by atoms with Crippen LogP contribution in [0.2, 0.25) is 18.1 Å². The van der Waals surface area contributed by atoms with Gasteiger partial charge in [-0.1, -0.05) is 53.2 Å². The van der Waals surface area contributed by atoms with Crippen molar-refractivity contribution in [3.63, 3.8) is 0 Å². The highest BCUT2D eigenvalue weighted by atomic mass is 28.4. The second kappa shape index (κ2) is 7.94. The van der Waals surface area contributed by atoms with Gasteiger partial charge in [-0.05, 0) is 54.5 Å². The molecule has 0 radical (unpaired) electrons. The van der Waals surface area contributed by atoms with Crippen molar-refractivity contribution in [2.75, 3.05) is 6.61 Å². The van der Waals surface area contributed by atoms with Crippen molar-refractivity contribution in [1.82, 2.24) is 0 Å². The summed E-state index contributed by atoms with van der Waals surface area (Å²) in [4.78, 5) is 0. The van der Waals surface area contributed by atoms with Gasteiger partial charge in [0.2, 0.25) is 0 Å². The van der Waals surface area contributed by atoms with Crippen molar-refractivity contribution in [2.45, 2.75) is 84.5 Å². The van der Waals surface area contributed by atoms with Crippen LogP contribution in [0.25, 0.3) is 0 Å². The van der Waals surface area contributed by atoms with Crippen LogP contribution < -0.4 is 0 Å². The van der Waals surface area contributed by atoms with Gasteiger partial charge in [0.1, 0.15) is 0 Å². The average molecular weight is 325 g/mol. The molecule has 0 aromatic carbocycles. The van der Waals surface area contributed by atoms with E-state index >= 15 is 0 Å². The molecular formula is C19H36O2Si. The highest BCUT2D eigenvalue weighted by molar-refractivity contribution is 6.74. The molecule has 3 heteroatoms. The molecule has 1 N–H and O–H groups in total. The lowest BCUT2D eigenvalue weighted by Crippen LogP contribution is -2.44. The smallest absolute Gasteiger partial charge is 0.192 e. The molecule has 0 aliphatic heterocycles. The fourth-order valence-corrected chi connectivity index (χ4v) is 3.97. The van der Waals surface area contributed by atoms with E-state index in [1.54, 1.807) is 0 Å². The summed E-state index contributed by atoms with van der Waals surface area (Å²) in [6.45, 7) is 16.2. The third-order valence-electron chi connectivity index (χ3n) is 5.36. The summed E-state index contributed by atoms with van der Waals surface area (Å²) in [5, 5.41) is 9.58. The van der Waals surface area contributed by atoms with Crippen molar-refractivity contribution in [3.8, 4) is 0 Å². The molecule has 0 aromatic heterocycles. The zero-order chi connectivity index (χ0) is 17.0. The van der Waals surface area contributed by atoms with Crippen LogP contribution >= 0.6 is 0 Å². The maximum absolute atomic E-state index is 9.34. The summed E-state index contributed by atoms with van der Waals surface area (Å²) < 4.78 is 6.57. The zero-order valence-electron chi connectivity index (χ0n) is 15.7. The molecule has 0 amide bonds. The maximum Gasteiger partial charge on any atom is 0.192 e. The largest absolute Gasteiger partial charge is 0.413 e. The highest BCUT2D eigenvalue weighted by Crippen LogP contribution is 2.40. The number of hydrogen-bond donors (Lipinski definition) is 1. The second-order valence-electron chi connectivity index (χ2n) is 8.30. The molecule has 1 rings (SSSR count). The molecule has 0 aromatic rings. The Morgan fingerprint density at radius 3 is 2.55 bits per heavy atom. The molecule has 2 nitrogen and oxygen atoms in total. The fourth-order valence-electron chi connectivity index (χ4n) is 2.61. The molecule has 0 spiro atoms. The molecule has 0 saturated carbocycles. The Balaban J connectivity index is 2.83. The summed E-state index contributed by atoms with van der Waals surface area (Å²) in [5.41, 5.74) is 2.73. The summed E-state index contributed by atoms with van der Waals surface area (Å²) in [6.07, 6.45) is 8.91. The number of aliphatic hydroxyl groups excluding tert-OH is 1. The third-order valence-corrected chi connectivity index (χ3v) is 9.89. The van der Waals surface area contributed by atoms with Gasteiger partial charge in [-0.25, -0.2) is 0 Å². The second-order valence-corrected chi connectivity index (χ2v) is 13.1. The summed E-state index contributed by atoms with van der Waals surface area (Å²) in [7, 11) is -1.72. The van der Waals surface area contributed by atoms with E-state index in [4.69, 9.17) is 4.43 Å². The molecule has 128 valence electrons. The number of rotatable bonds is 6. The van der Waals surface area contributed by atoms with E-state index in [-0.39, 0.29) is 17.7 Å². The number of aliphatic hydroxyl groups is 1. The predicted molar refractivity (Wildman–Crippen MR) is 98.6 cm³/mol. The lowest BCUT2D eigenvalue weighted by Gasteiger charge is -2.40. The first-order valence-corrected chi connectivity index (χ1v) is 11.7. The standard InChI is InChI=1S/C19H36O2Si/c1-8-15(2)13-16-9-10-18(14-17(16)11-12-20)21-22(6,7)19(3,4)5/h9,11,15,18,20H,8,10,12-14H2,1-7H3/b17-11+/t15?,18-/m0/s1. The van der Waals surface area contributed by atoms with Crippen LogP contribution in [-0.2, 0) is 4.43 Å². The van der Waals surface area contributed by atoms with Crippen LogP contribution in [0.5, 0.6) is 0 Å². The summed E-state index contributed by atoms with van der Waals surface area (Å²) in [6, 6.07) is 0. The van der Waals surface area contributed by atoms with Gasteiger partial charge in [-0.3, -0.25) is 0 Å². The topological polar surface area (TPSA) is 29.5 Å². The monoisotopic (exact) mass is 324 g/mol. The van der Waals surface area contributed by atoms with E-state index in [9.17, 15) is 5.11 Å². The van der Waals surface area contributed by atoms with Crippen molar-refractivity contribution in [2.24, 2.45) is 5.92 Å². The molecule has 2 atom stereocenters. The Bertz CT molecular complexity index is 416. The molecule has 0 heterocycles. The van der Waals surface area contributed by atoms with Crippen LogP contribution in [0.1, 0.15) is 60.3 Å². The van der Waals surface area contributed by atoms with Gasteiger partial charge >= 0.3 is 0 Å². The molecule has 1 aliphatic rings. The van der Waals surface area contributed by atoms with Crippen LogP contribution in [0.4, 0.5) is 0 Å². The first-order chi connectivity index (χ1) is 10.1. The minimum Gasteiger partial charge on any atom is -0.413 e. The molecule has 22 heavy (non-hydrogen) atoms. The Labute approximate surface area is 138 Å². The van der Waals surface area contributed by atoms with Crippen molar-refractivity contribution >= 4 is 8.32 Å². The minimum atomic E-state index is -1.72. The normalized spacial score (nSPS) is 23.5. The van der Waals surface area contributed by atoms with Gasteiger partial charge in [0.25, 0.3) is 0 Å². The summed E-state index contributed by atoms with van der Waals surface area (Å²) in [5.74, 6) is 0.700. The first kappa shape index (κ1) is 19.7. The molecular weight excluding hydrogens is 288 g/mol. The lowest BCUT2D eigenvalue weighted by molar-refractivity contribution is 0.179. The van der Waals surface area contributed by atoms with Crippen LogP contribution in [0.15, 0.2) is 23.3 Å². The highest BCUT2D eigenvalue weighted by Gasteiger charge is 2.39. The Kier molecular flexibility index (Phi) is 7.09. The van der Waals surface area contributed by atoms with E-state index in [1.165, 1.54) is 17.6 Å². The van der Waals surface area contributed by atoms with E-state index in [1.807, 2.05) is 6.08 Å². The van der Waals surface area contributed by atoms with Gasteiger partial charge in [0, 0.05) is 0 Å². The Morgan fingerprint density at radius 2 is 2.05 bits per heavy atom. The fraction of sp³-hybridized carbons (Fsp3) is 0.789. The van der Waals surface area contributed by atoms with E-state index in [0.717, 1.165) is 19.3 Å². The maximum atomic E-state index is 9.34. The van der Waals surface area contributed by atoms with Gasteiger partial charge in [0.05, 0.1) is 12.7 Å². The summed E-state index contributed by atoms with van der Waals surface area (Å²) >= 11 is 0. The molecule has 0 bridgehead atoms. The SMILES string of the molecule is CCC(C)CC1=CC[C@H](O[Si](C)(C)C(C)(C)C)C/C1=C\CO. The number of hydrogen-bond acceptors (Lipinski definition) is 2. The molecule has 1 unspecified atom stereocenters. The Morgan fingerprint density at radius 1 is 1.41 bits per heavy atom. The van der Waals surface area contributed by atoms with Gasteiger partial charge in [0.15, 0.2) is 8.32 Å². The van der Waals surface area contributed by atoms with Gasteiger partial charge in [-0.2, -0.15) is 0 Å². The minimum absolute atomic E-state index is 0.125. The molecule has 1 aliphatic carbocycles. The van der Waals surface area contributed by atoms with E-state index in [0.29, 0.717) is 5.92 Å². The predicted octanol–water partition coefficient (Wildman–Crippen LogP) is 5.45. The third kappa shape index (κ3) is 5.36. The molecule has 0 fully saturated rings. The zero-order valence-corrected chi connectivity index (χ0v) is 16.7. The van der Waals surface area contributed by atoms with Crippen LogP contribution in [-0.4, -0.2) is 26.1 Å².